The molecule has 2 fully saturated rings. The number of carbonyl (C=O) groups is 2. The van der Waals surface area contributed by atoms with E-state index in [1.807, 2.05) is 0 Å². The number of hydrogen-bond donors (Lipinski definition) is 2. The third-order valence-corrected chi connectivity index (χ3v) is 5.57. The first-order chi connectivity index (χ1) is 12.9. The van der Waals surface area contributed by atoms with Gasteiger partial charge in [0.2, 0.25) is 5.91 Å². The van der Waals surface area contributed by atoms with E-state index in [0.717, 1.165) is 25.9 Å². The van der Waals surface area contributed by atoms with Crippen LogP contribution in [0.25, 0.3) is 0 Å². The number of nitro benzene ring substituents is 1. The van der Waals surface area contributed by atoms with Gasteiger partial charge >= 0.3 is 0 Å². The highest BCUT2D eigenvalue weighted by Crippen LogP contribution is 2.24. The normalized spacial score (nSPS) is 25.3. The van der Waals surface area contributed by atoms with E-state index in [9.17, 15) is 19.7 Å². The number of nitrogens with zero attached hydrogens (tertiary/aromatic N) is 2. The van der Waals surface area contributed by atoms with Crippen molar-refractivity contribution in [3.05, 3.63) is 39.4 Å². The van der Waals surface area contributed by atoms with Gasteiger partial charge in [0.1, 0.15) is 6.04 Å². The second-order valence-electron chi connectivity index (χ2n) is 7.50. The third kappa shape index (κ3) is 4.10. The molecule has 27 heavy (non-hydrogen) atoms. The largest absolute Gasteiger partial charge is 0.351 e. The van der Waals surface area contributed by atoms with Crippen LogP contribution in [0.4, 0.5) is 5.69 Å². The molecule has 2 N–H and O–H groups in total. The van der Waals surface area contributed by atoms with Crippen LogP contribution in [-0.4, -0.2) is 53.4 Å². The van der Waals surface area contributed by atoms with Crippen molar-refractivity contribution in [2.75, 3.05) is 19.6 Å². The van der Waals surface area contributed by atoms with Crippen molar-refractivity contribution in [1.82, 2.24) is 15.5 Å². The second kappa shape index (κ2) is 8.04. The molecule has 1 aromatic carbocycles. The van der Waals surface area contributed by atoms with Gasteiger partial charge < -0.3 is 15.5 Å². The monoisotopic (exact) mass is 374 g/mol. The van der Waals surface area contributed by atoms with Crippen LogP contribution < -0.4 is 10.6 Å². The molecule has 1 aromatic rings. The van der Waals surface area contributed by atoms with Crippen molar-refractivity contribution in [3.8, 4) is 0 Å². The number of nitrogens with one attached hydrogen (secondary N) is 2. The van der Waals surface area contributed by atoms with Gasteiger partial charge in [0, 0.05) is 29.8 Å². The van der Waals surface area contributed by atoms with Crippen molar-refractivity contribution >= 4 is 17.5 Å². The summed E-state index contributed by atoms with van der Waals surface area (Å²) in [7, 11) is 0. The molecule has 3 unspecified atom stereocenters. The first-order valence-electron chi connectivity index (χ1n) is 9.45. The lowest BCUT2D eigenvalue weighted by Gasteiger charge is -2.32. The van der Waals surface area contributed by atoms with Crippen molar-refractivity contribution in [1.29, 1.82) is 0 Å². The lowest BCUT2D eigenvalue weighted by molar-refractivity contribution is -0.385. The fourth-order valence-corrected chi connectivity index (χ4v) is 3.95. The molecule has 146 valence electrons. The Morgan fingerprint density at radius 3 is 2.78 bits per heavy atom. The first kappa shape index (κ1) is 19.3. The number of rotatable bonds is 4. The number of amides is 2. The van der Waals surface area contributed by atoms with E-state index in [0.29, 0.717) is 30.0 Å². The number of aryl methyl sites for hydroxylation is 1. The Balaban J connectivity index is 1.71. The maximum absolute atomic E-state index is 12.9. The van der Waals surface area contributed by atoms with Crippen LogP contribution in [-0.2, 0) is 4.79 Å². The molecule has 3 atom stereocenters. The smallest absolute Gasteiger partial charge is 0.272 e. The van der Waals surface area contributed by atoms with Gasteiger partial charge in [-0.3, -0.25) is 19.7 Å². The summed E-state index contributed by atoms with van der Waals surface area (Å²) in [6, 6.07) is 4.00. The van der Waals surface area contributed by atoms with Crippen LogP contribution in [0.1, 0.15) is 42.1 Å². The molecule has 0 saturated carbocycles. The summed E-state index contributed by atoms with van der Waals surface area (Å²) >= 11 is 0. The molecular formula is C19H26N4O4. The van der Waals surface area contributed by atoms with E-state index in [1.165, 1.54) is 18.2 Å². The molecule has 2 amide bonds. The van der Waals surface area contributed by atoms with Crippen LogP contribution in [0.15, 0.2) is 18.2 Å². The Hall–Kier alpha value is -2.48. The summed E-state index contributed by atoms with van der Waals surface area (Å²) in [6.07, 6.45) is 2.30. The highest BCUT2D eigenvalue weighted by molar-refractivity contribution is 5.98. The van der Waals surface area contributed by atoms with Crippen LogP contribution in [0.3, 0.4) is 0 Å². The Bertz CT molecular complexity index is 751. The number of piperidine rings is 1. The van der Waals surface area contributed by atoms with Gasteiger partial charge in [-0.25, -0.2) is 0 Å². The summed E-state index contributed by atoms with van der Waals surface area (Å²) in [6.45, 7) is 6.00. The topological polar surface area (TPSA) is 105 Å². The van der Waals surface area contributed by atoms with Crippen molar-refractivity contribution < 1.29 is 14.5 Å². The molecule has 0 bridgehead atoms. The Labute approximate surface area is 158 Å². The second-order valence-corrected chi connectivity index (χ2v) is 7.50. The summed E-state index contributed by atoms with van der Waals surface area (Å²) in [5, 5.41) is 17.4. The number of likely N-dealkylation sites (tertiary alicyclic amines) is 1. The van der Waals surface area contributed by atoms with E-state index in [1.54, 1.807) is 11.8 Å². The minimum absolute atomic E-state index is 0.0119. The zero-order valence-electron chi connectivity index (χ0n) is 15.7. The summed E-state index contributed by atoms with van der Waals surface area (Å²) < 4.78 is 0. The maximum Gasteiger partial charge on any atom is 0.272 e. The molecular weight excluding hydrogens is 348 g/mol. The predicted octanol–water partition coefficient (Wildman–Crippen LogP) is 1.62. The van der Waals surface area contributed by atoms with E-state index < -0.39 is 11.0 Å². The highest BCUT2D eigenvalue weighted by Gasteiger charge is 2.36. The Kier molecular flexibility index (Phi) is 5.74. The lowest BCUT2D eigenvalue weighted by atomic mass is 9.95. The van der Waals surface area contributed by atoms with Gasteiger partial charge in [-0.1, -0.05) is 6.92 Å². The minimum atomic E-state index is -0.477. The van der Waals surface area contributed by atoms with Crippen molar-refractivity contribution in [2.45, 2.75) is 45.2 Å². The van der Waals surface area contributed by atoms with Crippen LogP contribution >= 0.6 is 0 Å². The molecule has 0 spiro atoms. The average molecular weight is 374 g/mol. The van der Waals surface area contributed by atoms with E-state index >= 15 is 0 Å². The number of nitro groups is 1. The number of benzene rings is 1. The molecule has 2 aliphatic heterocycles. The van der Waals surface area contributed by atoms with E-state index in [4.69, 9.17) is 0 Å². The summed E-state index contributed by atoms with van der Waals surface area (Å²) in [5.41, 5.74) is 0.810. The molecule has 0 aliphatic carbocycles. The van der Waals surface area contributed by atoms with Gasteiger partial charge in [-0.2, -0.15) is 0 Å². The molecule has 3 rings (SSSR count). The van der Waals surface area contributed by atoms with Gasteiger partial charge in [-0.05, 0) is 57.3 Å². The summed E-state index contributed by atoms with van der Waals surface area (Å²) in [4.78, 5) is 37.8. The highest BCUT2D eigenvalue weighted by atomic mass is 16.6. The predicted molar refractivity (Wildman–Crippen MR) is 100 cm³/mol. The molecule has 8 heteroatoms. The van der Waals surface area contributed by atoms with Gasteiger partial charge in [0.25, 0.3) is 11.6 Å². The molecule has 0 radical (unpaired) electrons. The standard InChI is InChI=1S/C19H26N4O4/c1-12-10-14(5-6-16(12)23(26)27)19(25)22-9-3-4-17(22)18(24)21-15-7-8-20-11-13(15)2/h5-6,10,13,15,17,20H,3-4,7-9,11H2,1-2H3,(H,21,24). The molecule has 2 aliphatic rings. The first-order valence-corrected chi connectivity index (χ1v) is 9.45. The van der Waals surface area contributed by atoms with Gasteiger partial charge in [-0.15, -0.1) is 0 Å². The lowest BCUT2D eigenvalue weighted by Crippen LogP contribution is -2.53. The van der Waals surface area contributed by atoms with Crippen molar-refractivity contribution in [2.24, 2.45) is 5.92 Å². The SMILES string of the molecule is Cc1cc(C(=O)N2CCCC2C(=O)NC2CCNCC2C)ccc1[N+](=O)[O-]. The average Bonchev–Trinajstić information content (AvgIpc) is 3.12. The minimum Gasteiger partial charge on any atom is -0.351 e. The van der Waals surface area contributed by atoms with Crippen LogP contribution in [0.5, 0.6) is 0 Å². The molecule has 8 nitrogen and oxygen atoms in total. The zero-order valence-corrected chi connectivity index (χ0v) is 15.7. The molecule has 0 aromatic heterocycles. The van der Waals surface area contributed by atoms with Crippen molar-refractivity contribution in [3.63, 3.8) is 0 Å². The van der Waals surface area contributed by atoms with Crippen LogP contribution in [0.2, 0.25) is 0 Å². The Morgan fingerprint density at radius 2 is 2.11 bits per heavy atom. The molecule has 2 saturated heterocycles. The van der Waals surface area contributed by atoms with E-state index in [-0.39, 0.29) is 23.5 Å². The summed E-state index contributed by atoms with van der Waals surface area (Å²) in [5.74, 6) is 0.00724. The molecule has 2 heterocycles. The van der Waals surface area contributed by atoms with Gasteiger partial charge in [0.15, 0.2) is 0 Å². The fraction of sp³-hybridized carbons (Fsp3) is 0.579. The third-order valence-electron chi connectivity index (χ3n) is 5.57. The zero-order chi connectivity index (χ0) is 19.6. The Morgan fingerprint density at radius 1 is 1.33 bits per heavy atom. The van der Waals surface area contributed by atoms with Crippen LogP contribution in [0, 0.1) is 23.0 Å². The number of hydrogen-bond acceptors (Lipinski definition) is 5. The van der Waals surface area contributed by atoms with Gasteiger partial charge in [0.05, 0.1) is 4.92 Å². The fourth-order valence-electron chi connectivity index (χ4n) is 3.95. The number of carbonyl (C=O) groups excluding carboxylic acids is 2. The quantitative estimate of drug-likeness (QED) is 0.616. The maximum atomic E-state index is 12.9. The van der Waals surface area contributed by atoms with E-state index in [2.05, 4.69) is 17.6 Å².